The first-order chi connectivity index (χ1) is 12.6. The van der Waals surface area contributed by atoms with E-state index in [1.165, 1.54) is 18.4 Å². The van der Waals surface area contributed by atoms with Gasteiger partial charge in [0.2, 0.25) is 0 Å². The second-order valence-corrected chi connectivity index (χ2v) is 6.61. The summed E-state index contributed by atoms with van der Waals surface area (Å²) in [6, 6.07) is 13.5. The predicted octanol–water partition coefficient (Wildman–Crippen LogP) is 4.04. The van der Waals surface area contributed by atoms with Crippen LogP contribution in [0.5, 0.6) is 0 Å². The first-order valence-corrected chi connectivity index (χ1v) is 8.99. The lowest BCUT2D eigenvalue weighted by Crippen LogP contribution is -2.19. The van der Waals surface area contributed by atoms with Gasteiger partial charge < -0.3 is 5.11 Å². The summed E-state index contributed by atoms with van der Waals surface area (Å²) in [7, 11) is 0. The lowest BCUT2D eigenvalue weighted by Gasteiger charge is -2.13. The molecule has 1 fully saturated rings. The highest BCUT2D eigenvalue weighted by Gasteiger charge is 2.14. The Labute approximate surface area is 154 Å². The molecule has 2 heterocycles. The quantitative estimate of drug-likeness (QED) is 0.632. The zero-order valence-corrected chi connectivity index (χ0v) is 15.1. The molecule has 2 aromatic rings. The molecule has 1 saturated heterocycles. The van der Waals surface area contributed by atoms with Crippen LogP contribution in [-0.2, 0) is 4.79 Å². The number of carboxylic acid groups (broad SMARTS) is 1. The van der Waals surface area contributed by atoms with Crippen LogP contribution in [0.3, 0.4) is 0 Å². The highest BCUT2D eigenvalue weighted by Crippen LogP contribution is 2.23. The van der Waals surface area contributed by atoms with Gasteiger partial charge in [0.05, 0.1) is 11.3 Å². The van der Waals surface area contributed by atoms with Gasteiger partial charge in [-0.3, -0.25) is 9.88 Å². The molecular weight excluding hydrogens is 324 g/mol. The van der Waals surface area contributed by atoms with Crippen LogP contribution in [0.25, 0.3) is 11.1 Å². The average Bonchev–Trinajstić information content (AvgIpc) is 3.17. The van der Waals surface area contributed by atoms with Crippen LogP contribution in [0.1, 0.15) is 29.7 Å². The van der Waals surface area contributed by atoms with Crippen molar-refractivity contribution in [3.63, 3.8) is 0 Å². The molecule has 0 bridgehead atoms. The number of aromatic nitrogens is 1. The van der Waals surface area contributed by atoms with Crippen molar-refractivity contribution in [2.45, 2.75) is 19.8 Å². The third kappa shape index (κ3) is 4.67. The first-order valence-electron chi connectivity index (χ1n) is 8.99. The van der Waals surface area contributed by atoms with Crippen LogP contribution in [0.15, 0.2) is 60.8 Å². The zero-order chi connectivity index (χ0) is 18.4. The van der Waals surface area contributed by atoms with Crippen LogP contribution >= 0.6 is 0 Å². The van der Waals surface area contributed by atoms with Crippen molar-refractivity contribution in [1.29, 1.82) is 0 Å². The van der Waals surface area contributed by atoms with Crippen molar-refractivity contribution >= 4 is 17.1 Å². The average molecular weight is 348 g/mol. The molecule has 1 aromatic carbocycles. The maximum absolute atomic E-state index is 11.8. The van der Waals surface area contributed by atoms with Crippen molar-refractivity contribution < 1.29 is 9.90 Å². The Bertz CT molecular complexity index is 802. The Hall–Kier alpha value is -2.72. The summed E-state index contributed by atoms with van der Waals surface area (Å²) in [5.74, 6) is -0.970. The number of carbonyl (C=O) groups is 1. The lowest BCUT2D eigenvalue weighted by molar-refractivity contribution is -0.130. The number of hydrogen-bond acceptors (Lipinski definition) is 3. The van der Waals surface area contributed by atoms with E-state index in [-0.39, 0.29) is 5.57 Å². The minimum atomic E-state index is -0.970. The molecule has 0 aliphatic carbocycles. The van der Waals surface area contributed by atoms with Gasteiger partial charge in [-0.15, -0.1) is 0 Å². The van der Waals surface area contributed by atoms with Crippen molar-refractivity contribution in [3.05, 3.63) is 77.6 Å². The summed E-state index contributed by atoms with van der Waals surface area (Å²) in [6.45, 7) is 5.08. The van der Waals surface area contributed by atoms with E-state index < -0.39 is 5.97 Å². The summed E-state index contributed by atoms with van der Waals surface area (Å²) in [5.41, 5.74) is 3.79. The number of carboxylic acids is 1. The van der Waals surface area contributed by atoms with Crippen LogP contribution in [0.2, 0.25) is 0 Å². The second kappa shape index (κ2) is 8.59. The standard InChI is InChI=1S/C22H24N2O2/c1-17-7-9-18(10-8-17)19(11-15-24-13-4-5-14-24)16-20(22(25)26)21-6-2-3-12-23-21/h2-3,6-12,16H,4-5,13-15H2,1H3,(H,25,26)/b19-11+,20-16?. The summed E-state index contributed by atoms with van der Waals surface area (Å²) < 4.78 is 0. The molecule has 26 heavy (non-hydrogen) atoms. The monoisotopic (exact) mass is 348 g/mol. The Morgan fingerprint density at radius 1 is 1.15 bits per heavy atom. The third-order valence-electron chi connectivity index (χ3n) is 4.62. The largest absolute Gasteiger partial charge is 0.478 e. The molecule has 1 aliphatic rings. The normalized spacial score (nSPS) is 16.0. The van der Waals surface area contributed by atoms with E-state index in [1.54, 1.807) is 30.5 Å². The number of aliphatic carboxylic acids is 1. The van der Waals surface area contributed by atoms with Gasteiger partial charge in [0, 0.05) is 12.7 Å². The molecule has 1 aromatic heterocycles. The molecule has 1 aliphatic heterocycles. The van der Waals surface area contributed by atoms with Gasteiger partial charge in [0.15, 0.2) is 0 Å². The molecule has 0 radical (unpaired) electrons. The molecule has 0 unspecified atom stereocenters. The fraction of sp³-hybridized carbons (Fsp3) is 0.273. The summed E-state index contributed by atoms with van der Waals surface area (Å²) >= 11 is 0. The van der Waals surface area contributed by atoms with Gasteiger partial charge in [-0.2, -0.15) is 0 Å². The zero-order valence-electron chi connectivity index (χ0n) is 15.1. The molecule has 1 N–H and O–H groups in total. The molecule has 4 heteroatoms. The molecule has 0 atom stereocenters. The number of rotatable bonds is 6. The highest BCUT2D eigenvalue weighted by atomic mass is 16.4. The Morgan fingerprint density at radius 2 is 1.88 bits per heavy atom. The lowest BCUT2D eigenvalue weighted by atomic mass is 9.99. The fourth-order valence-corrected chi connectivity index (χ4v) is 3.12. The summed E-state index contributed by atoms with van der Waals surface area (Å²) in [5, 5.41) is 9.70. The molecule has 0 spiro atoms. The second-order valence-electron chi connectivity index (χ2n) is 6.61. The number of hydrogen-bond donors (Lipinski definition) is 1. The van der Waals surface area contributed by atoms with Crippen molar-refractivity contribution in [3.8, 4) is 0 Å². The minimum Gasteiger partial charge on any atom is -0.478 e. The maximum Gasteiger partial charge on any atom is 0.337 e. The molecule has 0 saturated carbocycles. The fourth-order valence-electron chi connectivity index (χ4n) is 3.12. The van der Waals surface area contributed by atoms with Crippen LogP contribution in [0.4, 0.5) is 0 Å². The van der Waals surface area contributed by atoms with E-state index >= 15 is 0 Å². The molecular formula is C22H24N2O2. The third-order valence-corrected chi connectivity index (χ3v) is 4.62. The molecule has 134 valence electrons. The van der Waals surface area contributed by atoms with Crippen molar-refractivity contribution in [1.82, 2.24) is 9.88 Å². The van der Waals surface area contributed by atoms with E-state index in [0.717, 1.165) is 30.8 Å². The highest BCUT2D eigenvalue weighted by molar-refractivity contribution is 6.17. The van der Waals surface area contributed by atoms with E-state index in [4.69, 9.17) is 0 Å². The van der Waals surface area contributed by atoms with Crippen molar-refractivity contribution in [2.75, 3.05) is 19.6 Å². The van der Waals surface area contributed by atoms with Crippen LogP contribution < -0.4 is 0 Å². The van der Waals surface area contributed by atoms with Gasteiger partial charge in [0.1, 0.15) is 0 Å². The first kappa shape index (κ1) is 18.1. The van der Waals surface area contributed by atoms with Gasteiger partial charge in [-0.1, -0.05) is 42.0 Å². The van der Waals surface area contributed by atoms with E-state index in [9.17, 15) is 9.90 Å². The molecule has 3 rings (SSSR count). The maximum atomic E-state index is 11.8. The Balaban J connectivity index is 1.98. The number of allylic oxidation sites excluding steroid dienone is 2. The number of pyridine rings is 1. The number of benzene rings is 1. The minimum absolute atomic E-state index is 0.207. The number of likely N-dealkylation sites (tertiary alicyclic amines) is 1. The van der Waals surface area contributed by atoms with E-state index in [2.05, 4.69) is 16.0 Å². The van der Waals surface area contributed by atoms with Crippen LogP contribution in [0, 0.1) is 6.92 Å². The van der Waals surface area contributed by atoms with Gasteiger partial charge in [0.25, 0.3) is 0 Å². The molecule has 0 amide bonds. The van der Waals surface area contributed by atoms with Crippen molar-refractivity contribution in [2.24, 2.45) is 0 Å². The summed E-state index contributed by atoms with van der Waals surface area (Å²) in [4.78, 5) is 18.4. The van der Waals surface area contributed by atoms with E-state index in [0.29, 0.717) is 5.69 Å². The number of nitrogens with zero attached hydrogens (tertiary/aromatic N) is 2. The topological polar surface area (TPSA) is 53.4 Å². The van der Waals surface area contributed by atoms with Gasteiger partial charge in [-0.25, -0.2) is 4.79 Å². The summed E-state index contributed by atoms with van der Waals surface area (Å²) in [6.07, 6.45) is 7.95. The smallest absolute Gasteiger partial charge is 0.337 e. The predicted molar refractivity (Wildman–Crippen MR) is 105 cm³/mol. The SMILES string of the molecule is Cc1ccc(/C(C=C(C(=O)O)c2ccccn2)=C/CN2CCCC2)cc1. The Kier molecular flexibility index (Phi) is 5.97. The van der Waals surface area contributed by atoms with E-state index in [1.807, 2.05) is 31.2 Å². The molecule has 4 nitrogen and oxygen atoms in total. The van der Waals surface area contributed by atoms with Crippen LogP contribution in [-0.4, -0.2) is 40.6 Å². The number of aryl methyl sites for hydroxylation is 1. The Morgan fingerprint density at radius 3 is 2.50 bits per heavy atom. The van der Waals surface area contributed by atoms with Gasteiger partial charge in [-0.05, 0) is 62.2 Å². The van der Waals surface area contributed by atoms with Gasteiger partial charge >= 0.3 is 5.97 Å².